The predicted molar refractivity (Wildman–Crippen MR) is 112 cm³/mol. The number of aryl methyl sites for hydroxylation is 2. The van der Waals surface area contributed by atoms with Crippen molar-refractivity contribution in [3.8, 4) is 0 Å². The minimum atomic E-state index is -0.122. The Morgan fingerprint density at radius 3 is 2.64 bits per heavy atom. The van der Waals surface area contributed by atoms with E-state index in [1.807, 2.05) is 12.3 Å². The SMILES string of the molecule is Cc1cc(C)cc(CNCC[C@@]2(c3ccccn3)CCOC3(CCOC3)C2)c1. The van der Waals surface area contributed by atoms with E-state index in [0.717, 1.165) is 58.6 Å². The molecule has 0 aliphatic carbocycles. The number of nitrogens with zero attached hydrogens (tertiary/aromatic N) is 1. The summed E-state index contributed by atoms with van der Waals surface area (Å²) in [6.45, 7) is 8.53. The summed E-state index contributed by atoms with van der Waals surface area (Å²) in [4.78, 5) is 4.77. The van der Waals surface area contributed by atoms with Crippen LogP contribution in [-0.2, 0) is 21.4 Å². The van der Waals surface area contributed by atoms with Gasteiger partial charge < -0.3 is 14.8 Å². The number of aromatic nitrogens is 1. The molecule has 0 bridgehead atoms. The largest absolute Gasteiger partial charge is 0.378 e. The average molecular weight is 381 g/mol. The highest BCUT2D eigenvalue weighted by molar-refractivity contribution is 5.28. The molecule has 0 saturated carbocycles. The molecule has 2 aliphatic rings. The Hall–Kier alpha value is -1.75. The molecule has 28 heavy (non-hydrogen) atoms. The van der Waals surface area contributed by atoms with E-state index in [2.05, 4.69) is 49.5 Å². The predicted octanol–water partition coefficient (Wildman–Crippen LogP) is 4.09. The maximum Gasteiger partial charge on any atom is 0.0945 e. The summed E-state index contributed by atoms with van der Waals surface area (Å²) >= 11 is 0. The zero-order chi connectivity index (χ0) is 19.5. The van der Waals surface area contributed by atoms with Crippen LogP contribution in [0, 0.1) is 13.8 Å². The minimum Gasteiger partial charge on any atom is -0.378 e. The van der Waals surface area contributed by atoms with Crippen LogP contribution in [0.4, 0.5) is 0 Å². The van der Waals surface area contributed by atoms with Gasteiger partial charge in [-0.3, -0.25) is 4.98 Å². The van der Waals surface area contributed by atoms with Crippen molar-refractivity contribution in [1.29, 1.82) is 0 Å². The van der Waals surface area contributed by atoms with Gasteiger partial charge in [0.1, 0.15) is 0 Å². The van der Waals surface area contributed by atoms with Crippen LogP contribution in [0.3, 0.4) is 0 Å². The molecule has 2 atom stereocenters. The summed E-state index contributed by atoms with van der Waals surface area (Å²) in [5.74, 6) is 0. The average Bonchev–Trinajstić information content (AvgIpc) is 3.13. The first kappa shape index (κ1) is 19.6. The van der Waals surface area contributed by atoms with Crippen LogP contribution in [0.1, 0.15) is 48.1 Å². The normalized spacial score (nSPS) is 27.4. The molecule has 4 nitrogen and oxygen atoms in total. The van der Waals surface area contributed by atoms with Crippen molar-refractivity contribution in [2.24, 2.45) is 0 Å². The van der Waals surface area contributed by atoms with Crippen molar-refractivity contribution in [2.45, 2.75) is 57.1 Å². The van der Waals surface area contributed by atoms with Crippen LogP contribution in [0.15, 0.2) is 42.6 Å². The number of hydrogen-bond donors (Lipinski definition) is 1. The third kappa shape index (κ3) is 4.29. The lowest BCUT2D eigenvalue weighted by atomic mass is 9.68. The highest BCUT2D eigenvalue weighted by Crippen LogP contribution is 2.46. The molecule has 1 aromatic heterocycles. The molecule has 1 aromatic carbocycles. The van der Waals surface area contributed by atoms with E-state index >= 15 is 0 Å². The molecule has 150 valence electrons. The number of nitrogens with one attached hydrogen (secondary N) is 1. The highest BCUT2D eigenvalue weighted by atomic mass is 16.6. The molecule has 3 heterocycles. The molecular formula is C24H32N2O2. The van der Waals surface area contributed by atoms with Gasteiger partial charge in [0.25, 0.3) is 0 Å². The number of hydrogen-bond acceptors (Lipinski definition) is 4. The van der Waals surface area contributed by atoms with E-state index in [1.54, 1.807) is 0 Å². The van der Waals surface area contributed by atoms with Crippen LogP contribution >= 0.6 is 0 Å². The lowest BCUT2D eigenvalue weighted by Crippen LogP contribution is -2.49. The smallest absolute Gasteiger partial charge is 0.0945 e. The third-order valence-electron chi connectivity index (χ3n) is 6.32. The molecular weight excluding hydrogens is 348 g/mol. The topological polar surface area (TPSA) is 43.4 Å². The van der Waals surface area contributed by atoms with Gasteiger partial charge in [-0.2, -0.15) is 0 Å². The molecule has 4 rings (SSSR count). The molecule has 2 aliphatic heterocycles. The van der Waals surface area contributed by atoms with Gasteiger partial charge in [0.05, 0.1) is 12.2 Å². The summed E-state index contributed by atoms with van der Waals surface area (Å²) in [6.07, 6.45) is 6.02. The Balaban J connectivity index is 1.45. The van der Waals surface area contributed by atoms with Crippen LogP contribution < -0.4 is 5.32 Å². The second-order valence-electron chi connectivity index (χ2n) is 8.68. The van der Waals surface area contributed by atoms with Gasteiger partial charge in [0, 0.05) is 43.5 Å². The summed E-state index contributed by atoms with van der Waals surface area (Å²) in [5.41, 5.74) is 5.16. The summed E-state index contributed by atoms with van der Waals surface area (Å²) in [5, 5.41) is 3.68. The Morgan fingerprint density at radius 2 is 1.93 bits per heavy atom. The third-order valence-corrected chi connectivity index (χ3v) is 6.32. The van der Waals surface area contributed by atoms with E-state index in [0.29, 0.717) is 0 Å². The Morgan fingerprint density at radius 1 is 1.07 bits per heavy atom. The maximum atomic E-state index is 6.23. The number of pyridine rings is 1. The number of ether oxygens (including phenoxy) is 2. The highest BCUT2D eigenvalue weighted by Gasteiger charge is 2.49. The van der Waals surface area contributed by atoms with Gasteiger partial charge in [-0.25, -0.2) is 0 Å². The quantitative estimate of drug-likeness (QED) is 0.767. The van der Waals surface area contributed by atoms with Crippen molar-refractivity contribution in [1.82, 2.24) is 10.3 Å². The van der Waals surface area contributed by atoms with E-state index in [1.165, 1.54) is 22.4 Å². The summed E-state index contributed by atoms with van der Waals surface area (Å²) < 4.78 is 11.9. The van der Waals surface area contributed by atoms with E-state index < -0.39 is 0 Å². The fraction of sp³-hybridized carbons (Fsp3) is 0.542. The Labute approximate surface area is 168 Å². The lowest BCUT2D eigenvalue weighted by molar-refractivity contribution is -0.109. The number of rotatable bonds is 6. The van der Waals surface area contributed by atoms with Gasteiger partial charge >= 0.3 is 0 Å². The standard InChI is InChI=1S/C24H32N2O2/c1-19-13-20(2)15-21(14-19)16-25-10-6-23(22-5-3-4-9-26-22)7-12-28-24(17-23)8-11-27-18-24/h3-5,9,13-15,25H,6-8,10-12,16-18H2,1-2H3/t23-,24?/m1/s1. The van der Waals surface area contributed by atoms with Crippen LogP contribution in [-0.4, -0.2) is 37.0 Å². The van der Waals surface area contributed by atoms with Crippen LogP contribution in [0.2, 0.25) is 0 Å². The van der Waals surface area contributed by atoms with Crippen molar-refractivity contribution in [3.63, 3.8) is 0 Å². The number of benzene rings is 1. The van der Waals surface area contributed by atoms with Crippen molar-refractivity contribution in [2.75, 3.05) is 26.4 Å². The minimum absolute atomic E-state index is 0.0583. The zero-order valence-electron chi connectivity index (χ0n) is 17.2. The molecule has 1 N–H and O–H groups in total. The van der Waals surface area contributed by atoms with Crippen molar-refractivity contribution >= 4 is 0 Å². The Kier molecular flexibility index (Phi) is 5.81. The van der Waals surface area contributed by atoms with E-state index in [-0.39, 0.29) is 11.0 Å². The fourth-order valence-corrected chi connectivity index (χ4v) is 5.03. The fourth-order valence-electron chi connectivity index (χ4n) is 5.03. The summed E-state index contributed by atoms with van der Waals surface area (Å²) in [6, 6.07) is 13.1. The molecule has 2 saturated heterocycles. The lowest BCUT2D eigenvalue weighted by Gasteiger charge is -2.45. The molecule has 1 unspecified atom stereocenters. The van der Waals surface area contributed by atoms with Gasteiger partial charge in [0.15, 0.2) is 0 Å². The molecule has 4 heteroatoms. The first-order valence-electron chi connectivity index (χ1n) is 10.5. The van der Waals surface area contributed by atoms with Crippen LogP contribution in [0.5, 0.6) is 0 Å². The first-order valence-corrected chi connectivity index (χ1v) is 10.5. The van der Waals surface area contributed by atoms with Gasteiger partial charge in [-0.05, 0) is 57.4 Å². The van der Waals surface area contributed by atoms with Crippen LogP contribution in [0.25, 0.3) is 0 Å². The van der Waals surface area contributed by atoms with Gasteiger partial charge in [-0.15, -0.1) is 0 Å². The molecule has 1 spiro atoms. The van der Waals surface area contributed by atoms with Crippen molar-refractivity contribution < 1.29 is 9.47 Å². The summed E-state index contributed by atoms with van der Waals surface area (Å²) in [7, 11) is 0. The zero-order valence-corrected chi connectivity index (χ0v) is 17.2. The molecule has 0 amide bonds. The molecule has 2 aromatic rings. The van der Waals surface area contributed by atoms with Gasteiger partial charge in [-0.1, -0.05) is 35.4 Å². The van der Waals surface area contributed by atoms with Crippen molar-refractivity contribution in [3.05, 3.63) is 65.0 Å². The molecule has 2 fully saturated rings. The van der Waals surface area contributed by atoms with E-state index in [9.17, 15) is 0 Å². The molecule has 0 radical (unpaired) electrons. The van der Waals surface area contributed by atoms with E-state index in [4.69, 9.17) is 14.5 Å². The second-order valence-corrected chi connectivity index (χ2v) is 8.68. The second kappa shape index (κ2) is 8.32. The Bertz CT molecular complexity index is 766. The monoisotopic (exact) mass is 380 g/mol. The first-order chi connectivity index (χ1) is 13.6. The van der Waals surface area contributed by atoms with Gasteiger partial charge in [0.2, 0.25) is 0 Å². The maximum absolute atomic E-state index is 6.23.